The van der Waals surface area contributed by atoms with Gasteiger partial charge >= 0.3 is 5.97 Å². The highest BCUT2D eigenvalue weighted by molar-refractivity contribution is 6.30. The van der Waals surface area contributed by atoms with Gasteiger partial charge in [-0.05, 0) is 24.7 Å². The fourth-order valence-corrected chi connectivity index (χ4v) is 1.63. The van der Waals surface area contributed by atoms with Gasteiger partial charge in [0.15, 0.2) is 0 Å². The molecule has 0 radical (unpaired) electrons. The Morgan fingerprint density at radius 3 is 2.89 bits per heavy atom. The number of halogens is 1. The SMILES string of the molecule is CCNCc1cc(Cl)ccc1OCCC(=O)OC. The topological polar surface area (TPSA) is 47.6 Å². The van der Waals surface area contributed by atoms with Crippen LogP contribution in [0.5, 0.6) is 5.75 Å². The second kappa shape index (κ2) is 7.95. The van der Waals surface area contributed by atoms with E-state index in [0.29, 0.717) is 18.2 Å². The summed E-state index contributed by atoms with van der Waals surface area (Å²) in [5, 5.41) is 3.88. The summed E-state index contributed by atoms with van der Waals surface area (Å²) in [4.78, 5) is 11.0. The number of ether oxygens (including phenoxy) is 2. The quantitative estimate of drug-likeness (QED) is 0.774. The third kappa shape index (κ3) is 4.94. The molecule has 0 aliphatic carbocycles. The lowest BCUT2D eigenvalue weighted by molar-refractivity contribution is -0.141. The smallest absolute Gasteiger partial charge is 0.308 e. The summed E-state index contributed by atoms with van der Waals surface area (Å²) >= 11 is 5.95. The Bertz CT molecular complexity index is 396. The van der Waals surface area contributed by atoms with E-state index in [-0.39, 0.29) is 12.4 Å². The summed E-state index contributed by atoms with van der Waals surface area (Å²) in [6.45, 7) is 3.88. The zero-order valence-electron chi connectivity index (χ0n) is 10.7. The van der Waals surface area contributed by atoms with Crippen molar-refractivity contribution < 1.29 is 14.3 Å². The minimum absolute atomic E-state index is 0.236. The zero-order valence-corrected chi connectivity index (χ0v) is 11.4. The molecule has 0 saturated heterocycles. The fraction of sp³-hybridized carbons (Fsp3) is 0.462. The number of carbonyl (C=O) groups excluding carboxylic acids is 1. The lowest BCUT2D eigenvalue weighted by atomic mass is 10.2. The van der Waals surface area contributed by atoms with Crippen LogP contribution in [0.3, 0.4) is 0 Å². The first-order chi connectivity index (χ1) is 8.67. The molecule has 0 heterocycles. The van der Waals surface area contributed by atoms with Gasteiger partial charge in [-0.25, -0.2) is 0 Å². The molecule has 1 aromatic rings. The van der Waals surface area contributed by atoms with E-state index in [1.165, 1.54) is 7.11 Å². The molecule has 0 saturated carbocycles. The molecule has 0 aromatic heterocycles. The summed E-state index contributed by atoms with van der Waals surface area (Å²) in [5.41, 5.74) is 0.981. The van der Waals surface area contributed by atoms with Crippen molar-refractivity contribution in [2.75, 3.05) is 20.3 Å². The normalized spacial score (nSPS) is 10.2. The van der Waals surface area contributed by atoms with Gasteiger partial charge in [0.05, 0.1) is 20.1 Å². The van der Waals surface area contributed by atoms with Crippen LogP contribution in [0.1, 0.15) is 18.9 Å². The van der Waals surface area contributed by atoms with E-state index < -0.39 is 0 Å². The highest BCUT2D eigenvalue weighted by atomic mass is 35.5. The molecular formula is C13H18ClNO3. The Balaban J connectivity index is 2.60. The van der Waals surface area contributed by atoms with E-state index in [9.17, 15) is 4.79 Å². The molecule has 4 nitrogen and oxygen atoms in total. The average molecular weight is 272 g/mol. The third-order valence-electron chi connectivity index (χ3n) is 2.38. The second-order valence-corrected chi connectivity index (χ2v) is 4.14. The minimum Gasteiger partial charge on any atom is -0.493 e. The molecule has 0 bridgehead atoms. The summed E-state index contributed by atoms with van der Waals surface area (Å²) < 4.78 is 10.1. The van der Waals surface area contributed by atoms with Crippen molar-refractivity contribution in [2.45, 2.75) is 19.9 Å². The van der Waals surface area contributed by atoms with Gasteiger partial charge in [0.1, 0.15) is 5.75 Å². The third-order valence-corrected chi connectivity index (χ3v) is 2.61. The summed E-state index contributed by atoms with van der Waals surface area (Å²) in [7, 11) is 1.36. The van der Waals surface area contributed by atoms with Gasteiger partial charge in [-0.3, -0.25) is 4.79 Å². The molecule has 0 aliphatic rings. The van der Waals surface area contributed by atoms with Crippen molar-refractivity contribution in [1.82, 2.24) is 5.32 Å². The predicted molar refractivity (Wildman–Crippen MR) is 71.0 cm³/mol. The first-order valence-corrected chi connectivity index (χ1v) is 6.24. The van der Waals surface area contributed by atoms with Crippen molar-refractivity contribution in [3.05, 3.63) is 28.8 Å². The average Bonchev–Trinajstić information content (AvgIpc) is 2.38. The summed E-state index contributed by atoms with van der Waals surface area (Å²) in [6, 6.07) is 5.44. The van der Waals surface area contributed by atoms with Crippen molar-refractivity contribution in [3.8, 4) is 5.75 Å². The Morgan fingerprint density at radius 1 is 1.44 bits per heavy atom. The summed E-state index contributed by atoms with van der Waals surface area (Å²) in [5.74, 6) is 0.460. The maximum Gasteiger partial charge on any atom is 0.308 e. The maximum absolute atomic E-state index is 11.0. The van der Waals surface area contributed by atoms with Crippen LogP contribution in [0.25, 0.3) is 0 Å². The monoisotopic (exact) mass is 271 g/mol. The standard InChI is InChI=1S/C13H18ClNO3/c1-3-15-9-10-8-11(14)4-5-12(10)18-7-6-13(16)17-2/h4-5,8,15H,3,6-7,9H2,1-2H3. The van der Waals surface area contributed by atoms with E-state index in [0.717, 1.165) is 17.9 Å². The molecule has 0 fully saturated rings. The highest BCUT2D eigenvalue weighted by Gasteiger charge is 2.06. The lowest BCUT2D eigenvalue weighted by Crippen LogP contribution is -2.14. The highest BCUT2D eigenvalue weighted by Crippen LogP contribution is 2.23. The Morgan fingerprint density at radius 2 is 2.22 bits per heavy atom. The summed E-state index contributed by atoms with van der Waals surface area (Å²) in [6.07, 6.45) is 0.236. The van der Waals surface area contributed by atoms with Crippen molar-refractivity contribution in [3.63, 3.8) is 0 Å². The van der Waals surface area contributed by atoms with Gasteiger partial charge in [0.25, 0.3) is 0 Å². The van der Waals surface area contributed by atoms with Crippen molar-refractivity contribution in [2.24, 2.45) is 0 Å². The first-order valence-electron chi connectivity index (χ1n) is 5.86. The van der Waals surface area contributed by atoms with E-state index in [4.69, 9.17) is 16.3 Å². The maximum atomic E-state index is 11.0. The van der Waals surface area contributed by atoms with E-state index in [1.807, 2.05) is 19.1 Å². The number of nitrogens with one attached hydrogen (secondary N) is 1. The number of hydrogen-bond acceptors (Lipinski definition) is 4. The van der Waals surface area contributed by atoms with Crippen LogP contribution >= 0.6 is 11.6 Å². The number of methoxy groups -OCH3 is 1. The fourth-order valence-electron chi connectivity index (χ4n) is 1.43. The predicted octanol–water partition coefficient (Wildman–Crippen LogP) is 2.39. The van der Waals surface area contributed by atoms with Crippen LogP contribution in [-0.2, 0) is 16.1 Å². The molecule has 0 spiro atoms. The van der Waals surface area contributed by atoms with Gasteiger partial charge in [0, 0.05) is 17.1 Å². The molecule has 0 unspecified atom stereocenters. The van der Waals surface area contributed by atoms with E-state index in [1.54, 1.807) is 6.07 Å². The lowest BCUT2D eigenvalue weighted by Gasteiger charge is -2.12. The Hall–Kier alpha value is -1.26. The van der Waals surface area contributed by atoms with Crippen LogP contribution in [-0.4, -0.2) is 26.2 Å². The molecule has 1 aromatic carbocycles. The molecular weight excluding hydrogens is 254 g/mol. The zero-order chi connectivity index (χ0) is 13.4. The van der Waals surface area contributed by atoms with Gasteiger partial charge < -0.3 is 14.8 Å². The van der Waals surface area contributed by atoms with Crippen LogP contribution in [0.2, 0.25) is 5.02 Å². The van der Waals surface area contributed by atoms with Crippen molar-refractivity contribution >= 4 is 17.6 Å². The number of rotatable bonds is 7. The molecule has 100 valence electrons. The number of benzene rings is 1. The molecule has 5 heteroatoms. The van der Waals surface area contributed by atoms with Crippen LogP contribution in [0.4, 0.5) is 0 Å². The largest absolute Gasteiger partial charge is 0.493 e. The second-order valence-electron chi connectivity index (χ2n) is 3.71. The minimum atomic E-state index is -0.280. The van der Waals surface area contributed by atoms with Crippen LogP contribution < -0.4 is 10.1 Å². The Kier molecular flexibility index (Phi) is 6.54. The molecule has 18 heavy (non-hydrogen) atoms. The molecule has 1 rings (SSSR count). The molecule has 0 aliphatic heterocycles. The van der Waals surface area contributed by atoms with Crippen molar-refractivity contribution in [1.29, 1.82) is 0 Å². The van der Waals surface area contributed by atoms with E-state index >= 15 is 0 Å². The van der Waals surface area contributed by atoms with Gasteiger partial charge in [0.2, 0.25) is 0 Å². The number of carbonyl (C=O) groups is 1. The number of hydrogen-bond donors (Lipinski definition) is 1. The number of esters is 1. The van der Waals surface area contributed by atoms with Crippen LogP contribution in [0.15, 0.2) is 18.2 Å². The molecule has 1 N–H and O–H groups in total. The molecule has 0 amide bonds. The Labute approximate surface area is 112 Å². The van der Waals surface area contributed by atoms with E-state index in [2.05, 4.69) is 10.1 Å². The van der Waals surface area contributed by atoms with Gasteiger partial charge in [-0.1, -0.05) is 18.5 Å². The van der Waals surface area contributed by atoms with Gasteiger partial charge in [-0.15, -0.1) is 0 Å². The van der Waals surface area contributed by atoms with Gasteiger partial charge in [-0.2, -0.15) is 0 Å². The molecule has 0 atom stereocenters. The van der Waals surface area contributed by atoms with Crippen LogP contribution in [0, 0.1) is 0 Å². The first kappa shape index (κ1) is 14.8.